The standard InChI is InChI=1S/C18H19N7O3/c1-12(26)28-14-6-4-3-5-13(14)18(27)25-9-7-24(8-10-25)17-15-16(19-11-20-17)23(2)22-21-15/h3-6,11H,7-10H2,1-2H3. The van der Waals surface area contributed by atoms with Crippen molar-refractivity contribution in [3.63, 3.8) is 0 Å². The van der Waals surface area contributed by atoms with E-state index in [1.165, 1.54) is 13.3 Å². The lowest BCUT2D eigenvalue weighted by Crippen LogP contribution is -2.49. The number of aromatic nitrogens is 5. The molecule has 1 aliphatic rings. The molecule has 144 valence electrons. The summed E-state index contributed by atoms with van der Waals surface area (Å²) in [5, 5.41) is 8.15. The van der Waals surface area contributed by atoms with Crippen LogP contribution in [0.5, 0.6) is 5.75 Å². The zero-order chi connectivity index (χ0) is 19.7. The van der Waals surface area contributed by atoms with Gasteiger partial charge in [-0.1, -0.05) is 17.3 Å². The number of fused-ring (bicyclic) bond motifs is 1. The third-order valence-electron chi connectivity index (χ3n) is 4.61. The lowest BCUT2D eigenvalue weighted by Gasteiger charge is -2.35. The molecule has 0 aliphatic carbocycles. The number of ether oxygens (including phenoxy) is 1. The average molecular weight is 381 g/mol. The van der Waals surface area contributed by atoms with E-state index in [4.69, 9.17) is 4.74 Å². The van der Waals surface area contributed by atoms with Gasteiger partial charge in [0.1, 0.15) is 12.1 Å². The molecule has 1 fully saturated rings. The van der Waals surface area contributed by atoms with Gasteiger partial charge in [0, 0.05) is 40.2 Å². The summed E-state index contributed by atoms with van der Waals surface area (Å²) in [5.74, 6) is 0.371. The third-order valence-corrected chi connectivity index (χ3v) is 4.61. The summed E-state index contributed by atoms with van der Waals surface area (Å²) in [6.07, 6.45) is 1.49. The second-order valence-corrected chi connectivity index (χ2v) is 6.45. The first-order valence-electron chi connectivity index (χ1n) is 8.86. The highest BCUT2D eigenvalue weighted by Gasteiger charge is 2.26. The normalized spacial score (nSPS) is 14.4. The highest BCUT2D eigenvalue weighted by Crippen LogP contribution is 2.24. The molecule has 1 aromatic carbocycles. The first kappa shape index (κ1) is 17.8. The lowest BCUT2D eigenvalue weighted by molar-refractivity contribution is -0.131. The van der Waals surface area contributed by atoms with Crippen molar-refractivity contribution in [3.8, 4) is 5.75 Å². The summed E-state index contributed by atoms with van der Waals surface area (Å²) in [4.78, 5) is 36.6. The molecule has 0 radical (unpaired) electrons. The number of hydrogen-bond acceptors (Lipinski definition) is 8. The quantitative estimate of drug-likeness (QED) is 0.481. The SMILES string of the molecule is CC(=O)Oc1ccccc1C(=O)N1CCN(c2ncnc3c2nnn3C)CC1. The van der Waals surface area contributed by atoms with Crippen molar-refractivity contribution in [2.24, 2.45) is 7.05 Å². The van der Waals surface area contributed by atoms with Gasteiger partial charge >= 0.3 is 5.97 Å². The second kappa shape index (κ2) is 7.22. The molecule has 10 heteroatoms. The van der Waals surface area contributed by atoms with Gasteiger partial charge in [0.25, 0.3) is 5.91 Å². The molecule has 0 saturated carbocycles. The van der Waals surface area contributed by atoms with Gasteiger partial charge in [-0.3, -0.25) is 9.59 Å². The molecule has 0 bridgehead atoms. The van der Waals surface area contributed by atoms with E-state index >= 15 is 0 Å². The summed E-state index contributed by atoms with van der Waals surface area (Å²) in [5.41, 5.74) is 1.69. The molecule has 0 atom stereocenters. The summed E-state index contributed by atoms with van der Waals surface area (Å²) in [6, 6.07) is 6.77. The van der Waals surface area contributed by atoms with E-state index < -0.39 is 5.97 Å². The monoisotopic (exact) mass is 381 g/mol. The number of esters is 1. The number of rotatable bonds is 3. The first-order valence-corrected chi connectivity index (χ1v) is 8.86. The first-order chi connectivity index (χ1) is 13.5. The fraction of sp³-hybridized carbons (Fsp3) is 0.333. The Morgan fingerprint density at radius 1 is 1.07 bits per heavy atom. The van der Waals surface area contributed by atoms with Gasteiger partial charge in [0.2, 0.25) is 0 Å². The summed E-state index contributed by atoms with van der Waals surface area (Å²) in [7, 11) is 1.78. The van der Waals surface area contributed by atoms with Gasteiger partial charge in [-0.25, -0.2) is 14.6 Å². The van der Waals surface area contributed by atoms with Gasteiger partial charge in [0.05, 0.1) is 5.56 Å². The zero-order valence-electron chi connectivity index (χ0n) is 15.6. The van der Waals surface area contributed by atoms with Crippen molar-refractivity contribution in [1.82, 2.24) is 29.9 Å². The Balaban J connectivity index is 1.50. The number of carbonyl (C=O) groups excluding carboxylic acids is 2. The Morgan fingerprint density at radius 3 is 2.57 bits per heavy atom. The van der Waals surface area contributed by atoms with Gasteiger partial charge in [0.15, 0.2) is 17.0 Å². The van der Waals surface area contributed by atoms with Crippen LogP contribution in [-0.2, 0) is 11.8 Å². The van der Waals surface area contributed by atoms with Crippen LogP contribution in [0, 0.1) is 0 Å². The molecule has 1 amide bonds. The van der Waals surface area contributed by atoms with E-state index in [2.05, 4.69) is 25.2 Å². The number of nitrogens with zero attached hydrogens (tertiary/aromatic N) is 7. The van der Waals surface area contributed by atoms with Crippen LogP contribution in [0.3, 0.4) is 0 Å². The van der Waals surface area contributed by atoms with Crippen LogP contribution in [0.15, 0.2) is 30.6 Å². The van der Waals surface area contributed by atoms with Crippen LogP contribution in [0.1, 0.15) is 17.3 Å². The number of benzene rings is 1. The smallest absolute Gasteiger partial charge is 0.308 e. The Hall–Kier alpha value is -3.56. The minimum atomic E-state index is -0.457. The molecular weight excluding hydrogens is 362 g/mol. The fourth-order valence-corrected chi connectivity index (χ4v) is 3.25. The van der Waals surface area contributed by atoms with E-state index in [1.807, 2.05) is 0 Å². The van der Waals surface area contributed by atoms with Crippen molar-refractivity contribution in [3.05, 3.63) is 36.2 Å². The molecule has 4 rings (SSSR count). The predicted molar refractivity (Wildman–Crippen MR) is 100.0 cm³/mol. The number of amides is 1. The number of para-hydroxylation sites is 1. The molecule has 28 heavy (non-hydrogen) atoms. The van der Waals surface area contributed by atoms with Crippen LogP contribution >= 0.6 is 0 Å². The van der Waals surface area contributed by atoms with E-state index in [-0.39, 0.29) is 11.7 Å². The van der Waals surface area contributed by atoms with Crippen molar-refractivity contribution < 1.29 is 14.3 Å². The highest BCUT2D eigenvalue weighted by atomic mass is 16.5. The molecule has 0 spiro atoms. The third kappa shape index (κ3) is 3.24. The van der Waals surface area contributed by atoms with Gasteiger partial charge in [-0.05, 0) is 12.1 Å². The maximum Gasteiger partial charge on any atom is 0.308 e. The molecule has 3 aromatic rings. The van der Waals surface area contributed by atoms with Crippen LogP contribution in [0.25, 0.3) is 11.2 Å². The molecule has 1 saturated heterocycles. The number of aryl methyl sites for hydroxylation is 1. The largest absolute Gasteiger partial charge is 0.426 e. The predicted octanol–water partition coefficient (Wildman–Crippen LogP) is 0.646. The topological polar surface area (TPSA) is 106 Å². The van der Waals surface area contributed by atoms with E-state index in [0.717, 1.165) is 0 Å². The van der Waals surface area contributed by atoms with Gasteiger partial charge in [-0.15, -0.1) is 5.10 Å². The molecule has 3 heterocycles. The number of hydrogen-bond donors (Lipinski definition) is 0. The highest BCUT2D eigenvalue weighted by molar-refractivity contribution is 5.97. The zero-order valence-corrected chi connectivity index (χ0v) is 15.6. The second-order valence-electron chi connectivity index (χ2n) is 6.45. The van der Waals surface area contributed by atoms with Gasteiger partial charge < -0.3 is 14.5 Å². The van der Waals surface area contributed by atoms with E-state index in [1.54, 1.807) is 40.9 Å². The molecule has 1 aliphatic heterocycles. The maximum atomic E-state index is 12.9. The maximum absolute atomic E-state index is 12.9. The number of anilines is 1. The van der Waals surface area contributed by atoms with Crippen molar-refractivity contribution >= 4 is 28.9 Å². The van der Waals surface area contributed by atoms with Crippen LogP contribution in [0.4, 0.5) is 5.82 Å². The number of carbonyl (C=O) groups is 2. The summed E-state index contributed by atoms with van der Waals surface area (Å²) >= 11 is 0. The van der Waals surface area contributed by atoms with E-state index in [9.17, 15) is 9.59 Å². The lowest BCUT2D eigenvalue weighted by atomic mass is 10.1. The molecular formula is C18H19N7O3. The van der Waals surface area contributed by atoms with Crippen molar-refractivity contribution in [2.75, 3.05) is 31.1 Å². The fourth-order valence-electron chi connectivity index (χ4n) is 3.25. The molecule has 0 N–H and O–H groups in total. The molecule has 10 nitrogen and oxygen atoms in total. The summed E-state index contributed by atoms with van der Waals surface area (Å²) in [6.45, 7) is 3.54. The van der Waals surface area contributed by atoms with Crippen LogP contribution < -0.4 is 9.64 Å². The summed E-state index contributed by atoms with van der Waals surface area (Å²) < 4.78 is 6.77. The molecule has 2 aromatic heterocycles. The van der Waals surface area contributed by atoms with Crippen molar-refractivity contribution in [2.45, 2.75) is 6.92 Å². The minimum Gasteiger partial charge on any atom is -0.426 e. The Morgan fingerprint density at radius 2 is 1.82 bits per heavy atom. The van der Waals surface area contributed by atoms with Crippen LogP contribution in [-0.4, -0.2) is 67.9 Å². The van der Waals surface area contributed by atoms with E-state index in [0.29, 0.717) is 48.7 Å². The Bertz CT molecular complexity index is 1040. The van der Waals surface area contributed by atoms with Crippen LogP contribution in [0.2, 0.25) is 0 Å². The van der Waals surface area contributed by atoms with Gasteiger partial charge in [-0.2, -0.15) is 0 Å². The Labute approximate surface area is 160 Å². The minimum absolute atomic E-state index is 0.163. The average Bonchev–Trinajstić information content (AvgIpc) is 3.09. The van der Waals surface area contributed by atoms with Crippen molar-refractivity contribution in [1.29, 1.82) is 0 Å². The Kier molecular flexibility index (Phi) is 4.60. The molecule has 0 unspecified atom stereocenters. The number of piperazine rings is 1.